The molecule has 3 heterocycles. The van der Waals surface area contributed by atoms with Crippen LogP contribution in [-0.2, 0) is 17.7 Å². The Hall–Kier alpha value is -1.92. The van der Waals surface area contributed by atoms with Gasteiger partial charge in [-0.3, -0.25) is 4.90 Å². The second-order valence-corrected chi connectivity index (χ2v) is 8.61. The van der Waals surface area contributed by atoms with Gasteiger partial charge in [-0.05, 0) is 58.0 Å². The summed E-state index contributed by atoms with van der Waals surface area (Å²) in [4.78, 5) is 24.4. The van der Waals surface area contributed by atoms with Crippen LogP contribution >= 0.6 is 11.3 Å². The fourth-order valence-corrected chi connectivity index (χ4v) is 4.47. The Morgan fingerprint density at radius 2 is 2.15 bits per heavy atom. The minimum absolute atomic E-state index is 0.137. The normalized spacial score (nSPS) is 17.1. The molecule has 146 valence electrons. The molecule has 5 nitrogen and oxygen atoms in total. The molecule has 0 saturated carbocycles. The number of rotatable bonds is 7. The molecule has 1 saturated heterocycles. The molecule has 0 aromatic carbocycles. The molecule has 0 spiro atoms. The van der Waals surface area contributed by atoms with Crippen LogP contribution in [0.5, 0.6) is 0 Å². The largest absolute Gasteiger partial charge is 0.459 e. The van der Waals surface area contributed by atoms with Gasteiger partial charge in [-0.1, -0.05) is 6.92 Å². The van der Waals surface area contributed by atoms with Gasteiger partial charge in [0.1, 0.15) is 11.4 Å². The lowest BCUT2D eigenvalue weighted by Crippen LogP contribution is -2.34. The van der Waals surface area contributed by atoms with Gasteiger partial charge in [-0.25, -0.2) is 9.78 Å². The van der Waals surface area contributed by atoms with E-state index in [1.54, 1.807) is 12.3 Å². The van der Waals surface area contributed by atoms with E-state index in [4.69, 9.17) is 4.74 Å². The molecule has 0 N–H and O–H groups in total. The summed E-state index contributed by atoms with van der Waals surface area (Å²) in [6, 6.07) is 8.53. The zero-order valence-electron chi connectivity index (χ0n) is 16.6. The Morgan fingerprint density at radius 3 is 2.85 bits per heavy atom. The number of aromatic nitrogens is 1. The monoisotopic (exact) mass is 387 g/mol. The number of thiophene rings is 1. The molecule has 1 fully saturated rings. The number of hydrogen-bond acceptors (Lipinski definition) is 6. The molecular weight excluding hydrogens is 358 g/mol. The van der Waals surface area contributed by atoms with Gasteiger partial charge in [0.15, 0.2) is 0 Å². The zero-order valence-corrected chi connectivity index (χ0v) is 17.5. The highest BCUT2D eigenvalue weighted by atomic mass is 32.1. The van der Waals surface area contributed by atoms with Crippen molar-refractivity contribution in [3.8, 4) is 0 Å². The Labute approximate surface area is 166 Å². The molecule has 2 aromatic heterocycles. The number of aryl methyl sites for hydroxylation is 1. The Kier molecular flexibility index (Phi) is 6.50. The molecule has 6 heteroatoms. The first-order chi connectivity index (χ1) is 13.0. The zero-order chi connectivity index (χ0) is 19.4. The minimum atomic E-state index is -0.296. The molecule has 0 aliphatic carbocycles. The van der Waals surface area contributed by atoms with Crippen molar-refractivity contribution >= 4 is 23.1 Å². The van der Waals surface area contributed by atoms with E-state index in [9.17, 15) is 4.79 Å². The quantitative estimate of drug-likeness (QED) is 0.673. The molecule has 3 rings (SSSR count). The SMILES string of the molecule is CCc1ccc(CN(C)C2CCN(c3ncccc3C(=O)OC(C)C)C2)s1. The number of ether oxygens (including phenoxy) is 1. The van der Waals surface area contributed by atoms with Gasteiger partial charge in [-0.2, -0.15) is 0 Å². The van der Waals surface area contributed by atoms with Gasteiger partial charge in [0, 0.05) is 41.6 Å². The van der Waals surface area contributed by atoms with E-state index in [-0.39, 0.29) is 12.1 Å². The Bertz CT molecular complexity index is 774. The number of carbonyl (C=O) groups excluding carboxylic acids is 1. The highest BCUT2D eigenvalue weighted by Gasteiger charge is 2.29. The molecule has 1 unspecified atom stereocenters. The molecule has 0 bridgehead atoms. The van der Waals surface area contributed by atoms with Crippen molar-refractivity contribution in [1.29, 1.82) is 0 Å². The van der Waals surface area contributed by atoms with E-state index in [1.165, 1.54) is 9.75 Å². The van der Waals surface area contributed by atoms with E-state index in [0.29, 0.717) is 11.6 Å². The Morgan fingerprint density at radius 1 is 1.37 bits per heavy atom. The standard InChI is InChI=1S/C21H29N3O2S/c1-5-17-8-9-18(27-17)14-23(4)16-10-12-24(13-16)20-19(7-6-11-22-20)21(25)26-15(2)3/h6-9,11,15-16H,5,10,12-14H2,1-4H3. The first kappa shape index (κ1) is 19.8. The second-order valence-electron chi connectivity index (χ2n) is 7.35. The summed E-state index contributed by atoms with van der Waals surface area (Å²) in [6.45, 7) is 8.67. The average Bonchev–Trinajstić information content (AvgIpc) is 3.30. The summed E-state index contributed by atoms with van der Waals surface area (Å²) in [5.74, 6) is 0.444. The smallest absolute Gasteiger partial charge is 0.342 e. The summed E-state index contributed by atoms with van der Waals surface area (Å²) in [5, 5.41) is 0. The molecule has 0 radical (unpaired) electrons. The van der Waals surface area contributed by atoms with Crippen molar-refractivity contribution < 1.29 is 9.53 Å². The maximum Gasteiger partial charge on any atom is 0.342 e. The third-order valence-electron chi connectivity index (χ3n) is 4.91. The average molecular weight is 388 g/mol. The van der Waals surface area contributed by atoms with Crippen LogP contribution in [0.15, 0.2) is 30.5 Å². The van der Waals surface area contributed by atoms with Crippen LogP contribution in [-0.4, -0.2) is 48.1 Å². The van der Waals surface area contributed by atoms with Crippen molar-refractivity contribution in [2.45, 2.75) is 52.3 Å². The van der Waals surface area contributed by atoms with Crippen molar-refractivity contribution in [3.05, 3.63) is 45.8 Å². The molecule has 27 heavy (non-hydrogen) atoms. The molecule has 1 atom stereocenters. The predicted molar refractivity (Wildman–Crippen MR) is 111 cm³/mol. The molecular formula is C21H29N3O2S. The van der Waals surface area contributed by atoms with E-state index >= 15 is 0 Å². The number of carbonyl (C=O) groups is 1. The van der Waals surface area contributed by atoms with Gasteiger partial charge < -0.3 is 9.64 Å². The van der Waals surface area contributed by atoms with E-state index < -0.39 is 0 Å². The van der Waals surface area contributed by atoms with Gasteiger partial charge in [0.2, 0.25) is 0 Å². The molecule has 1 aliphatic heterocycles. The number of likely N-dealkylation sites (N-methyl/N-ethyl adjacent to an activating group) is 1. The second kappa shape index (κ2) is 8.85. The van der Waals surface area contributed by atoms with Crippen LogP contribution in [0.3, 0.4) is 0 Å². The predicted octanol–water partition coefficient (Wildman–Crippen LogP) is 3.98. The lowest BCUT2D eigenvalue weighted by molar-refractivity contribution is 0.0378. The van der Waals surface area contributed by atoms with Crippen LogP contribution in [0.1, 0.15) is 47.3 Å². The lowest BCUT2D eigenvalue weighted by atomic mass is 10.2. The maximum atomic E-state index is 12.4. The fourth-order valence-electron chi connectivity index (χ4n) is 3.45. The number of anilines is 1. The Balaban J connectivity index is 1.66. The van der Waals surface area contributed by atoms with Gasteiger partial charge in [0.05, 0.1) is 6.10 Å². The van der Waals surface area contributed by atoms with Crippen LogP contribution in [0.25, 0.3) is 0 Å². The summed E-state index contributed by atoms with van der Waals surface area (Å²) in [7, 11) is 2.19. The van der Waals surface area contributed by atoms with Gasteiger partial charge in [0.25, 0.3) is 0 Å². The van der Waals surface area contributed by atoms with Crippen molar-refractivity contribution in [1.82, 2.24) is 9.88 Å². The fraction of sp³-hybridized carbons (Fsp3) is 0.524. The van der Waals surface area contributed by atoms with Gasteiger partial charge >= 0.3 is 5.97 Å². The summed E-state index contributed by atoms with van der Waals surface area (Å²) < 4.78 is 5.39. The topological polar surface area (TPSA) is 45.7 Å². The van der Waals surface area contributed by atoms with Crippen LogP contribution in [0.4, 0.5) is 5.82 Å². The van der Waals surface area contributed by atoms with Crippen molar-refractivity contribution in [3.63, 3.8) is 0 Å². The number of nitrogens with zero attached hydrogens (tertiary/aromatic N) is 3. The van der Waals surface area contributed by atoms with E-state index in [1.807, 2.05) is 31.3 Å². The molecule has 0 amide bonds. The summed E-state index contributed by atoms with van der Waals surface area (Å²) in [6.07, 6.45) is 3.77. The minimum Gasteiger partial charge on any atom is -0.459 e. The first-order valence-corrected chi connectivity index (χ1v) is 10.5. The molecule has 2 aromatic rings. The van der Waals surface area contributed by atoms with Crippen molar-refractivity contribution in [2.75, 3.05) is 25.0 Å². The highest BCUT2D eigenvalue weighted by molar-refractivity contribution is 7.11. The lowest BCUT2D eigenvalue weighted by Gasteiger charge is -2.25. The number of pyridine rings is 1. The van der Waals surface area contributed by atoms with Crippen LogP contribution in [0.2, 0.25) is 0 Å². The number of esters is 1. The third kappa shape index (κ3) is 4.87. The summed E-state index contributed by atoms with van der Waals surface area (Å²) >= 11 is 1.90. The van der Waals surface area contributed by atoms with Crippen LogP contribution < -0.4 is 4.90 Å². The van der Waals surface area contributed by atoms with Crippen LogP contribution in [0, 0.1) is 0 Å². The first-order valence-electron chi connectivity index (χ1n) is 9.66. The summed E-state index contributed by atoms with van der Waals surface area (Å²) in [5.41, 5.74) is 0.556. The third-order valence-corrected chi connectivity index (χ3v) is 6.12. The highest BCUT2D eigenvalue weighted by Crippen LogP contribution is 2.26. The molecule has 1 aliphatic rings. The van der Waals surface area contributed by atoms with Crippen molar-refractivity contribution in [2.24, 2.45) is 0 Å². The van der Waals surface area contributed by atoms with E-state index in [2.05, 4.69) is 40.9 Å². The van der Waals surface area contributed by atoms with E-state index in [0.717, 1.165) is 38.3 Å². The number of hydrogen-bond donors (Lipinski definition) is 0. The maximum absolute atomic E-state index is 12.4. The van der Waals surface area contributed by atoms with Gasteiger partial charge in [-0.15, -0.1) is 11.3 Å².